The Balaban J connectivity index is 2.68. The van der Waals surface area contributed by atoms with Gasteiger partial charge < -0.3 is 9.47 Å². The third kappa shape index (κ3) is 3.62. The van der Waals surface area contributed by atoms with E-state index < -0.39 is 0 Å². The molecule has 0 aromatic carbocycles. The van der Waals surface area contributed by atoms with E-state index in [0.29, 0.717) is 0 Å². The van der Waals surface area contributed by atoms with E-state index in [9.17, 15) is 0 Å². The van der Waals surface area contributed by atoms with Gasteiger partial charge in [0.2, 0.25) is 0 Å². The predicted octanol–water partition coefficient (Wildman–Crippen LogP) is 3.17. The second kappa shape index (κ2) is 4.67. The minimum absolute atomic E-state index is 0.00795. The number of hydrogen-bond acceptors (Lipinski definition) is 2. The summed E-state index contributed by atoms with van der Waals surface area (Å²) in [6.07, 6.45) is 4.44. The SMILES string of the molecule is COCC1(CC=C(C)C)COC(C)(C)C1. The molecule has 1 rings (SSSR count). The van der Waals surface area contributed by atoms with Gasteiger partial charge in [-0.1, -0.05) is 11.6 Å². The quantitative estimate of drug-likeness (QED) is 0.666. The van der Waals surface area contributed by atoms with Crippen molar-refractivity contribution >= 4 is 0 Å². The van der Waals surface area contributed by atoms with Crippen LogP contribution in [-0.2, 0) is 9.47 Å². The summed E-state index contributed by atoms with van der Waals surface area (Å²) in [5.74, 6) is 0. The Labute approximate surface area is 93.7 Å². The Bertz CT molecular complexity index is 239. The molecule has 2 nitrogen and oxygen atoms in total. The lowest BCUT2D eigenvalue weighted by molar-refractivity contribution is 0.0224. The van der Waals surface area contributed by atoms with Crippen LogP contribution < -0.4 is 0 Å². The minimum Gasteiger partial charge on any atom is -0.384 e. The van der Waals surface area contributed by atoms with Crippen LogP contribution in [0.25, 0.3) is 0 Å². The summed E-state index contributed by atoms with van der Waals surface area (Å²) in [6, 6.07) is 0. The van der Waals surface area contributed by atoms with E-state index in [1.54, 1.807) is 7.11 Å². The maximum Gasteiger partial charge on any atom is 0.0633 e. The lowest BCUT2D eigenvalue weighted by Crippen LogP contribution is -2.28. The van der Waals surface area contributed by atoms with Crippen molar-refractivity contribution in [1.82, 2.24) is 0 Å². The largest absolute Gasteiger partial charge is 0.384 e. The fourth-order valence-electron chi connectivity index (χ4n) is 2.36. The molecule has 88 valence electrons. The summed E-state index contributed by atoms with van der Waals surface area (Å²) in [4.78, 5) is 0. The number of methoxy groups -OCH3 is 1. The Morgan fingerprint density at radius 3 is 2.47 bits per heavy atom. The minimum atomic E-state index is 0.00795. The molecule has 15 heavy (non-hydrogen) atoms. The first-order chi connectivity index (χ1) is 6.89. The predicted molar refractivity (Wildman–Crippen MR) is 63.0 cm³/mol. The zero-order valence-electron chi connectivity index (χ0n) is 10.7. The highest BCUT2D eigenvalue weighted by atomic mass is 16.5. The third-order valence-electron chi connectivity index (χ3n) is 2.96. The zero-order valence-corrected chi connectivity index (χ0v) is 10.7. The summed E-state index contributed by atoms with van der Waals surface area (Å²) in [7, 11) is 1.77. The smallest absolute Gasteiger partial charge is 0.0633 e. The highest BCUT2D eigenvalue weighted by Crippen LogP contribution is 2.42. The molecule has 0 saturated carbocycles. The molecule has 1 aliphatic rings. The van der Waals surface area contributed by atoms with Crippen LogP contribution >= 0.6 is 0 Å². The summed E-state index contributed by atoms with van der Waals surface area (Å²) in [5.41, 5.74) is 1.57. The molecule has 1 atom stereocenters. The molecule has 0 aromatic heterocycles. The van der Waals surface area contributed by atoms with E-state index in [1.807, 2.05) is 0 Å². The van der Waals surface area contributed by atoms with Gasteiger partial charge in [0, 0.05) is 12.5 Å². The monoisotopic (exact) mass is 212 g/mol. The molecular weight excluding hydrogens is 188 g/mol. The zero-order chi connectivity index (χ0) is 11.5. The van der Waals surface area contributed by atoms with Crippen LogP contribution in [0.5, 0.6) is 0 Å². The molecule has 2 heteroatoms. The molecule has 1 heterocycles. The van der Waals surface area contributed by atoms with Crippen LogP contribution in [0.15, 0.2) is 11.6 Å². The van der Waals surface area contributed by atoms with Crippen LogP contribution in [-0.4, -0.2) is 25.9 Å². The van der Waals surface area contributed by atoms with Gasteiger partial charge >= 0.3 is 0 Å². The summed E-state index contributed by atoms with van der Waals surface area (Å²) < 4.78 is 11.2. The van der Waals surface area contributed by atoms with Crippen molar-refractivity contribution in [2.45, 2.75) is 46.1 Å². The lowest BCUT2D eigenvalue weighted by atomic mass is 9.79. The summed E-state index contributed by atoms with van der Waals surface area (Å²) >= 11 is 0. The fraction of sp³-hybridized carbons (Fsp3) is 0.846. The average Bonchev–Trinajstić information content (AvgIpc) is 2.40. The van der Waals surface area contributed by atoms with Gasteiger partial charge in [-0.3, -0.25) is 0 Å². The molecule has 0 N–H and O–H groups in total. The fourth-order valence-corrected chi connectivity index (χ4v) is 2.36. The van der Waals surface area contributed by atoms with Crippen LogP contribution in [0.1, 0.15) is 40.5 Å². The number of hydrogen-bond donors (Lipinski definition) is 0. The van der Waals surface area contributed by atoms with Gasteiger partial charge in [0.05, 0.1) is 18.8 Å². The second-order valence-corrected chi connectivity index (χ2v) is 5.64. The van der Waals surface area contributed by atoms with Crippen LogP contribution in [0.2, 0.25) is 0 Å². The summed E-state index contributed by atoms with van der Waals surface area (Å²) in [5, 5.41) is 0. The number of rotatable bonds is 4. The first-order valence-corrected chi connectivity index (χ1v) is 5.65. The molecule has 0 amide bonds. The molecule has 1 saturated heterocycles. The van der Waals surface area contributed by atoms with Crippen LogP contribution in [0.3, 0.4) is 0 Å². The Hall–Kier alpha value is -0.340. The molecule has 1 aliphatic heterocycles. The van der Waals surface area contributed by atoms with Gasteiger partial charge in [-0.15, -0.1) is 0 Å². The number of ether oxygens (including phenoxy) is 2. The molecule has 0 bridgehead atoms. The van der Waals surface area contributed by atoms with Gasteiger partial charge in [-0.25, -0.2) is 0 Å². The molecule has 0 radical (unpaired) electrons. The molecule has 1 unspecified atom stereocenters. The molecule has 0 aliphatic carbocycles. The van der Waals surface area contributed by atoms with E-state index in [4.69, 9.17) is 9.47 Å². The highest BCUT2D eigenvalue weighted by Gasteiger charge is 2.43. The van der Waals surface area contributed by atoms with Crippen molar-refractivity contribution < 1.29 is 9.47 Å². The molecular formula is C13H24O2. The van der Waals surface area contributed by atoms with E-state index in [-0.39, 0.29) is 11.0 Å². The summed E-state index contributed by atoms with van der Waals surface area (Å²) in [6.45, 7) is 10.2. The van der Waals surface area contributed by atoms with E-state index >= 15 is 0 Å². The van der Waals surface area contributed by atoms with Gasteiger partial charge in [0.25, 0.3) is 0 Å². The standard InChI is InChI=1S/C13H24O2/c1-11(2)6-7-13(9-14-5)8-12(3,4)15-10-13/h6H,7-10H2,1-5H3. The highest BCUT2D eigenvalue weighted by molar-refractivity contribution is 5.02. The van der Waals surface area contributed by atoms with Gasteiger partial charge in [-0.2, -0.15) is 0 Å². The van der Waals surface area contributed by atoms with E-state index in [2.05, 4.69) is 33.8 Å². The third-order valence-corrected chi connectivity index (χ3v) is 2.96. The van der Waals surface area contributed by atoms with Crippen LogP contribution in [0.4, 0.5) is 0 Å². The van der Waals surface area contributed by atoms with Crippen molar-refractivity contribution in [3.63, 3.8) is 0 Å². The van der Waals surface area contributed by atoms with Crippen molar-refractivity contribution in [3.05, 3.63) is 11.6 Å². The topological polar surface area (TPSA) is 18.5 Å². The Morgan fingerprint density at radius 1 is 1.40 bits per heavy atom. The normalized spacial score (nSPS) is 29.1. The van der Waals surface area contributed by atoms with Crippen molar-refractivity contribution in [2.75, 3.05) is 20.3 Å². The average molecular weight is 212 g/mol. The number of allylic oxidation sites excluding steroid dienone is 2. The van der Waals surface area contributed by atoms with Crippen molar-refractivity contribution in [3.8, 4) is 0 Å². The van der Waals surface area contributed by atoms with Gasteiger partial charge in [0.1, 0.15) is 0 Å². The molecule has 0 aromatic rings. The van der Waals surface area contributed by atoms with Crippen molar-refractivity contribution in [2.24, 2.45) is 5.41 Å². The first kappa shape index (κ1) is 12.7. The first-order valence-electron chi connectivity index (χ1n) is 5.65. The van der Waals surface area contributed by atoms with Crippen LogP contribution in [0, 0.1) is 5.41 Å². The van der Waals surface area contributed by atoms with E-state index in [1.165, 1.54) is 5.57 Å². The maximum atomic E-state index is 5.83. The van der Waals surface area contributed by atoms with Crippen molar-refractivity contribution in [1.29, 1.82) is 0 Å². The van der Waals surface area contributed by atoms with Gasteiger partial charge in [-0.05, 0) is 40.5 Å². The Kier molecular flexibility index (Phi) is 3.96. The lowest BCUT2D eigenvalue weighted by Gasteiger charge is -2.26. The van der Waals surface area contributed by atoms with Gasteiger partial charge in [0.15, 0.2) is 0 Å². The molecule has 0 spiro atoms. The molecule has 1 fully saturated rings. The maximum absolute atomic E-state index is 5.83. The second-order valence-electron chi connectivity index (χ2n) is 5.64. The Morgan fingerprint density at radius 2 is 2.07 bits per heavy atom. The van der Waals surface area contributed by atoms with E-state index in [0.717, 1.165) is 26.1 Å².